The highest BCUT2D eigenvalue weighted by Crippen LogP contribution is 2.32. The fourth-order valence-corrected chi connectivity index (χ4v) is 2.53. The van der Waals surface area contributed by atoms with E-state index in [4.69, 9.17) is 25.8 Å². The van der Waals surface area contributed by atoms with Gasteiger partial charge in [-0.05, 0) is 18.2 Å². The molecule has 2 aromatic rings. The van der Waals surface area contributed by atoms with E-state index in [1.165, 1.54) is 18.2 Å². The number of carbonyl (C=O) groups excluding carboxylic acids is 1. The lowest BCUT2D eigenvalue weighted by atomic mass is 10.2. The summed E-state index contributed by atoms with van der Waals surface area (Å²) in [4.78, 5) is 22.2. The monoisotopic (exact) mass is 378 g/mol. The first-order chi connectivity index (χ1) is 12.5. The van der Waals surface area contributed by atoms with Gasteiger partial charge in [-0.2, -0.15) is 0 Å². The number of halogens is 1. The smallest absolute Gasteiger partial charge is 0.271 e. The molecule has 1 N–H and O–H groups in total. The number of non-ortho nitro benzene ring substituents is 1. The Kier molecular flexibility index (Phi) is 5.43. The second kappa shape index (κ2) is 7.92. The maximum Gasteiger partial charge on any atom is 0.271 e. The molecule has 0 radical (unpaired) electrons. The topological polar surface area (TPSA) is 99.9 Å². The van der Waals surface area contributed by atoms with Crippen LogP contribution in [0.1, 0.15) is 6.42 Å². The second-order valence-electron chi connectivity index (χ2n) is 5.42. The SMILES string of the molecule is O=C(COc1ccc([N+](=O)[O-])cc1Cl)Nc1ccc2c(c1)OCCCO2. The minimum absolute atomic E-state index is 0.0579. The number of nitrogens with one attached hydrogen (secondary N) is 1. The zero-order valence-corrected chi connectivity index (χ0v) is 14.3. The van der Waals surface area contributed by atoms with Crippen molar-refractivity contribution in [2.24, 2.45) is 0 Å². The quantitative estimate of drug-likeness (QED) is 0.632. The van der Waals surface area contributed by atoms with Crippen LogP contribution in [0.4, 0.5) is 11.4 Å². The third-order valence-corrected chi connectivity index (χ3v) is 3.81. The van der Waals surface area contributed by atoms with Crippen molar-refractivity contribution in [1.29, 1.82) is 0 Å². The number of carbonyl (C=O) groups is 1. The first-order valence-electron chi connectivity index (χ1n) is 7.79. The molecular weight excluding hydrogens is 364 g/mol. The van der Waals surface area contributed by atoms with Crippen LogP contribution in [0.2, 0.25) is 5.02 Å². The lowest BCUT2D eigenvalue weighted by molar-refractivity contribution is -0.384. The van der Waals surface area contributed by atoms with Gasteiger partial charge in [-0.3, -0.25) is 14.9 Å². The third kappa shape index (κ3) is 4.34. The first kappa shape index (κ1) is 17.8. The fourth-order valence-electron chi connectivity index (χ4n) is 2.30. The Bertz CT molecular complexity index is 842. The zero-order valence-electron chi connectivity index (χ0n) is 13.6. The van der Waals surface area contributed by atoms with E-state index in [0.29, 0.717) is 30.4 Å². The number of nitrogens with zero attached hydrogens (tertiary/aromatic N) is 1. The van der Waals surface area contributed by atoms with Crippen molar-refractivity contribution in [3.05, 3.63) is 51.5 Å². The van der Waals surface area contributed by atoms with E-state index in [2.05, 4.69) is 5.32 Å². The molecule has 1 amide bonds. The van der Waals surface area contributed by atoms with Crippen molar-refractivity contribution in [3.63, 3.8) is 0 Å². The van der Waals surface area contributed by atoms with E-state index >= 15 is 0 Å². The Morgan fingerprint density at radius 1 is 1.19 bits per heavy atom. The summed E-state index contributed by atoms with van der Waals surface area (Å²) in [7, 11) is 0. The van der Waals surface area contributed by atoms with E-state index < -0.39 is 10.8 Å². The van der Waals surface area contributed by atoms with E-state index in [9.17, 15) is 14.9 Å². The highest BCUT2D eigenvalue weighted by molar-refractivity contribution is 6.32. The number of hydrogen-bond acceptors (Lipinski definition) is 6. The molecule has 0 saturated carbocycles. The average Bonchev–Trinajstić information content (AvgIpc) is 2.85. The molecule has 0 atom stereocenters. The van der Waals surface area contributed by atoms with Crippen LogP contribution in [0.3, 0.4) is 0 Å². The fraction of sp³-hybridized carbons (Fsp3) is 0.235. The van der Waals surface area contributed by atoms with Crippen molar-refractivity contribution in [2.45, 2.75) is 6.42 Å². The summed E-state index contributed by atoms with van der Waals surface area (Å²) < 4.78 is 16.4. The number of ether oxygens (including phenoxy) is 3. The molecular formula is C17H15ClN2O6. The second-order valence-corrected chi connectivity index (χ2v) is 5.83. The van der Waals surface area contributed by atoms with Gasteiger partial charge in [-0.15, -0.1) is 0 Å². The van der Waals surface area contributed by atoms with Crippen molar-refractivity contribution >= 4 is 28.9 Å². The number of anilines is 1. The van der Waals surface area contributed by atoms with Crippen molar-refractivity contribution in [1.82, 2.24) is 0 Å². The molecule has 1 heterocycles. The van der Waals surface area contributed by atoms with Crippen LogP contribution in [0.5, 0.6) is 17.2 Å². The summed E-state index contributed by atoms with van der Waals surface area (Å²) >= 11 is 5.92. The van der Waals surface area contributed by atoms with Gasteiger partial charge in [0.1, 0.15) is 5.75 Å². The van der Waals surface area contributed by atoms with Crippen LogP contribution in [0.25, 0.3) is 0 Å². The molecule has 1 aliphatic heterocycles. The predicted molar refractivity (Wildman–Crippen MR) is 94.3 cm³/mol. The van der Waals surface area contributed by atoms with E-state index in [1.54, 1.807) is 18.2 Å². The van der Waals surface area contributed by atoms with Crippen molar-refractivity contribution in [2.75, 3.05) is 25.1 Å². The molecule has 0 aliphatic carbocycles. The molecule has 9 heteroatoms. The minimum atomic E-state index is -0.563. The highest BCUT2D eigenvalue weighted by atomic mass is 35.5. The molecule has 0 bridgehead atoms. The van der Waals surface area contributed by atoms with Gasteiger partial charge in [0.15, 0.2) is 18.1 Å². The molecule has 0 unspecified atom stereocenters. The Morgan fingerprint density at radius 3 is 2.69 bits per heavy atom. The molecule has 0 fully saturated rings. The van der Waals surface area contributed by atoms with Crippen LogP contribution in [-0.4, -0.2) is 30.7 Å². The summed E-state index contributed by atoms with van der Waals surface area (Å²) in [6.07, 6.45) is 0.792. The average molecular weight is 379 g/mol. The minimum Gasteiger partial charge on any atom is -0.490 e. The first-order valence-corrected chi connectivity index (χ1v) is 8.17. The molecule has 1 aliphatic rings. The van der Waals surface area contributed by atoms with Crippen LogP contribution >= 0.6 is 11.6 Å². The number of benzene rings is 2. The molecule has 2 aromatic carbocycles. The number of rotatable bonds is 5. The van der Waals surface area contributed by atoms with Gasteiger partial charge in [0, 0.05) is 30.3 Å². The Labute approximate surface area is 153 Å². The Hall–Kier alpha value is -3.00. The normalized spacial score (nSPS) is 12.8. The van der Waals surface area contributed by atoms with Crippen LogP contribution in [0, 0.1) is 10.1 Å². The van der Waals surface area contributed by atoms with Crippen molar-refractivity contribution in [3.8, 4) is 17.2 Å². The molecule has 8 nitrogen and oxygen atoms in total. The van der Waals surface area contributed by atoms with Gasteiger partial charge >= 0.3 is 0 Å². The van der Waals surface area contributed by atoms with Gasteiger partial charge in [0.25, 0.3) is 11.6 Å². The largest absolute Gasteiger partial charge is 0.490 e. The van der Waals surface area contributed by atoms with Gasteiger partial charge in [0.2, 0.25) is 0 Å². The standard InChI is InChI=1S/C17H15ClN2O6/c18-13-9-12(20(22)23)3-5-14(13)26-10-17(21)19-11-2-4-15-16(8-11)25-7-1-6-24-15/h2-5,8-9H,1,6-7,10H2,(H,19,21). The van der Waals surface area contributed by atoms with Crippen LogP contribution in [0.15, 0.2) is 36.4 Å². The zero-order chi connectivity index (χ0) is 18.5. The summed E-state index contributed by atoms with van der Waals surface area (Å²) in [6, 6.07) is 8.87. The number of fused-ring (bicyclic) bond motifs is 1. The maximum atomic E-state index is 12.0. The van der Waals surface area contributed by atoms with Gasteiger partial charge in [0.05, 0.1) is 23.2 Å². The summed E-state index contributed by atoms with van der Waals surface area (Å²) in [6.45, 7) is 0.834. The molecule has 136 valence electrons. The molecule has 26 heavy (non-hydrogen) atoms. The Balaban J connectivity index is 1.59. The summed E-state index contributed by atoms with van der Waals surface area (Å²) in [5.41, 5.74) is 0.386. The van der Waals surface area contributed by atoms with Crippen molar-refractivity contribution < 1.29 is 23.9 Å². The van der Waals surface area contributed by atoms with Crippen LogP contribution < -0.4 is 19.5 Å². The van der Waals surface area contributed by atoms with Gasteiger partial charge < -0.3 is 19.5 Å². The van der Waals surface area contributed by atoms with Gasteiger partial charge in [-0.1, -0.05) is 11.6 Å². The lowest BCUT2D eigenvalue weighted by Gasteiger charge is -2.11. The molecule has 0 saturated heterocycles. The summed E-state index contributed by atoms with van der Waals surface area (Å²) in [5.74, 6) is 0.981. The number of nitro benzene ring substituents is 1. The van der Waals surface area contributed by atoms with E-state index in [-0.39, 0.29) is 23.1 Å². The summed E-state index contributed by atoms with van der Waals surface area (Å²) in [5, 5.41) is 13.4. The highest BCUT2D eigenvalue weighted by Gasteiger charge is 2.14. The number of amides is 1. The predicted octanol–water partition coefficient (Wildman–Crippen LogP) is 3.43. The van der Waals surface area contributed by atoms with E-state index in [1.807, 2.05) is 0 Å². The number of nitro groups is 1. The maximum absolute atomic E-state index is 12.0. The van der Waals surface area contributed by atoms with Crippen LogP contribution in [-0.2, 0) is 4.79 Å². The third-order valence-electron chi connectivity index (χ3n) is 3.52. The molecule has 3 rings (SSSR count). The number of hydrogen-bond donors (Lipinski definition) is 1. The van der Waals surface area contributed by atoms with E-state index in [0.717, 1.165) is 6.42 Å². The van der Waals surface area contributed by atoms with Gasteiger partial charge in [-0.25, -0.2) is 0 Å². The lowest BCUT2D eigenvalue weighted by Crippen LogP contribution is -2.20. The molecule has 0 spiro atoms. The molecule has 0 aromatic heterocycles. The Morgan fingerprint density at radius 2 is 1.96 bits per heavy atom.